The molecule has 0 aliphatic heterocycles. The van der Waals surface area contributed by atoms with Gasteiger partial charge in [0.25, 0.3) is 0 Å². The van der Waals surface area contributed by atoms with Gasteiger partial charge >= 0.3 is 5.97 Å². The van der Waals surface area contributed by atoms with Crippen molar-refractivity contribution >= 4 is 5.97 Å². The Labute approximate surface area is 182 Å². The van der Waals surface area contributed by atoms with Gasteiger partial charge in [0.15, 0.2) is 5.60 Å². The van der Waals surface area contributed by atoms with E-state index in [9.17, 15) is 15.0 Å². The van der Waals surface area contributed by atoms with Gasteiger partial charge in [0, 0.05) is 0 Å². The minimum atomic E-state index is -1.53. The maximum absolute atomic E-state index is 11.8. The van der Waals surface area contributed by atoms with E-state index < -0.39 is 11.6 Å². The molecule has 0 saturated carbocycles. The van der Waals surface area contributed by atoms with Crippen LogP contribution in [0.15, 0.2) is 0 Å². The predicted octanol–water partition coefficient (Wildman–Crippen LogP) is 8.28. The van der Waals surface area contributed by atoms with Crippen molar-refractivity contribution < 1.29 is 15.0 Å². The molecule has 0 radical (unpaired) electrons. The molecule has 0 bridgehead atoms. The van der Waals surface area contributed by atoms with Gasteiger partial charge in [0.1, 0.15) is 0 Å². The molecular weight excluding hydrogens is 360 g/mol. The number of carboxylic acid groups (broad SMARTS) is 1. The topological polar surface area (TPSA) is 57.5 Å². The van der Waals surface area contributed by atoms with Gasteiger partial charge in [-0.05, 0) is 31.6 Å². The van der Waals surface area contributed by atoms with Crippen molar-refractivity contribution in [3.05, 3.63) is 0 Å². The van der Waals surface area contributed by atoms with Gasteiger partial charge in [-0.15, -0.1) is 0 Å². The minimum Gasteiger partial charge on any atom is -0.479 e. The van der Waals surface area contributed by atoms with E-state index in [0.29, 0.717) is 6.42 Å². The van der Waals surface area contributed by atoms with E-state index in [2.05, 4.69) is 13.8 Å². The average Bonchev–Trinajstić information content (AvgIpc) is 2.71. The molecule has 2 N–H and O–H groups in total. The number of hydrogen-bond donors (Lipinski definition) is 2. The number of aliphatic hydroxyl groups is 1. The molecule has 29 heavy (non-hydrogen) atoms. The Morgan fingerprint density at radius 1 is 0.655 bits per heavy atom. The predicted molar refractivity (Wildman–Crippen MR) is 125 cm³/mol. The number of rotatable bonds is 22. The van der Waals surface area contributed by atoms with Gasteiger partial charge in [0.2, 0.25) is 0 Å². The molecule has 0 aromatic carbocycles. The fourth-order valence-electron chi connectivity index (χ4n) is 4.50. The van der Waals surface area contributed by atoms with E-state index in [0.717, 1.165) is 44.9 Å². The molecule has 2 atom stereocenters. The summed E-state index contributed by atoms with van der Waals surface area (Å²) < 4.78 is 0. The lowest BCUT2D eigenvalue weighted by molar-refractivity contribution is -0.167. The first-order chi connectivity index (χ1) is 14.0. The van der Waals surface area contributed by atoms with Crippen LogP contribution >= 0.6 is 0 Å². The summed E-state index contributed by atoms with van der Waals surface area (Å²) in [6.07, 6.45) is 23.2. The zero-order valence-electron chi connectivity index (χ0n) is 20.0. The molecule has 0 saturated heterocycles. The lowest BCUT2D eigenvalue weighted by atomic mass is 9.78. The lowest BCUT2D eigenvalue weighted by Gasteiger charge is -2.32. The Kier molecular flexibility index (Phi) is 19.0. The fraction of sp³-hybridized carbons (Fsp3) is 0.962. The Morgan fingerprint density at radius 2 is 1.03 bits per heavy atom. The van der Waals surface area contributed by atoms with Gasteiger partial charge in [-0.2, -0.15) is 0 Å². The summed E-state index contributed by atoms with van der Waals surface area (Å²) in [5.74, 6) is -1.14. The van der Waals surface area contributed by atoms with Crippen LogP contribution in [0.1, 0.15) is 149 Å². The number of aliphatic carboxylic acids is 1. The first-order valence-corrected chi connectivity index (χ1v) is 13.0. The Balaban J connectivity index is 3.79. The number of carbonyl (C=O) groups is 1. The summed E-state index contributed by atoms with van der Waals surface area (Å²) in [7, 11) is 0. The van der Waals surface area contributed by atoms with Crippen LogP contribution < -0.4 is 0 Å². The summed E-state index contributed by atoms with van der Waals surface area (Å²) >= 11 is 0. The van der Waals surface area contributed by atoms with Crippen molar-refractivity contribution in [1.29, 1.82) is 0 Å². The Bertz CT molecular complexity index is 369. The highest BCUT2D eigenvalue weighted by Crippen LogP contribution is 2.32. The molecule has 0 heterocycles. The Hall–Kier alpha value is -0.570. The van der Waals surface area contributed by atoms with Crippen molar-refractivity contribution in [3.63, 3.8) is 0 Å². The lowest BCUT2D eigenvalue weighted by Crippen LogP contribution is -2.45. The molecule has 3 nitrogen and oxygen atoms in total. The highest BCUT2D eigenvalue weighted by molar-refractivity contribution is 5.77. The number of unbranched alkanes of at least 4 members (excludes halogenated alkanes) is 15. The van der Waals surface area contributed by atoms with Crippen LogP contribution in [0.2, 0.25) is 0 Å². The largest absolute Gasteiger partial charge is 0.479 e. The SMILES string of the molecule is CCCCCCCCCCCCCCCCC(O)(C(=O)O)C(CC)CCCCC. The number of hydrogen-bond acceptors (Lipinski definition) is 2. The maximum Gasteiger partial charge on any atom is 0.335 e. The van der Waals surface area contributed by atoms with Crippen molar-refractivity contribution in [2.24, 2.45) is 5.92 Å². The first kappa shape index (κ1) is 28.4. The van der Waals surface area contributed by atoms with E-state index >= 15 is 0 Å². The third-order valence-electron chi connectivity index (χ3n) is 6.61. The zero-order valence-corrected chi connectivity index (χ0v) is 20.0. The monoisotopic (exact) mass is 412 g/mol. The molecule has 0 spiro atoms. The molecule has 174 valence electrons. The van der Waals surface area contributed by atoms with Crippen molar-refractivity contribution in [3.8, 4) is 0 Å². The van der Waals surface area contributed by atoms with E-state index in [4.69, 9.17) is 0 Å². The van der Waals surface area contributed by atoms with Gasteiger partial charge < -0.3 is 10.2 Å². The van der Waals surface area contributed by atoms with Crippen LogP contribution in [0.3, 0.4) is 0 Å². The van der Waals surface area contributed by atoms with Crippen LogP contribution in [-0.2, 0) is 4.79 Å². The standard InChI is InChI=1S/C26H52O3/c1-4-7-9-10-11-12-13-14-15-16-17-18-19-21-23-26(29,25(27)28)24(6-3)22-20-8-5-2/h24,29H,4-23H2,1-3H3,(H,27,28). The second-order valence-electron chi connectivity index (χ2n) is 9.18. The van der Waals surface area contributed by atoms with E-state index in [1.54, 1.807) is 0 Å². The van der Waals surface area contributed by atoms with E-state index in [1.807, 2.05) is 6.92 Å². The third kappa shape index (κ3) is 14.1. The van der Waals surface area contributed by atoms with Gasteiger partial charge in [-0.1, -0.05) is 124 Å². The number of carboxylic acids is 1. The molecule has 2 unspecified atom stereocenters. The molecular formula is C26H52O3. The fourth-order valence-corrected chi connectivity index (χ4v) is 4.50. The molecule has 0 aromatic rings. The zero-order chi connectivity index (χ0) is 21.8. The minimum absolute atomic E-state index is 0.117. The smallest absolute Gasteiger partial charge is 0.335 e. The van der Waals surface area contributed by atoms with Crippen molar-refractivity contribution in [2.75, 3.05) is 0 Å². The highest BCUT2D eigenvalue weighted by Gasteiger charge is 2.42. The molecule has 0 aliphatic carbocycles. The van der Waals surface area contributed by atoms with Crippen molar-refractivity contribution in [2.45, 2.75) is 155 Å². The first-order valence-electron chi connectivity index (χ1n) is 13.0. The maximum atomic E-state index is 11.8. The van der Waals surface area contributed by atoms with Gasteiger partial charge in [0.05, 0.1) is 0 Å². The van der Waals surface area contributed by atoms with Crippen LogP contribution in [0, 0.1) is 5.92 Å². The molecule has 0 aliphatic rings. The van der Waals surface area contributed by atoms with Crippen LogP contribution in [0.5, 0.6) is 0 Å². The molecule has 0 fully saturated rings. The summed E-state index contributed by atoms with van der Waals surface area (Å²) in [5, 5.41) is 20.5. The second kappa shape index (κ2) is 19.4. The average molecular weight is 413 g/mol. The summed E-state index contributed by atoms with van der Waals surface area (Å²) in [5.41, 5.74) is -1.53. The normalized spacial score (nSPS) is 14.6. The van der Waals surface area contributed by atoms with Gasteiger partial charge in [-0.3, -0.25) is 0 Å². The molecule has 0 aromatic heterocycles. The third-order valence-corrected chi connectivity index (χ3v) is 6.61. The summed E-state index contributed by atoms with van der Waals surface area (Å²) in [4.78, 5) is 11.8. The van der Waals surface area contributed by atoms with Crippen LogP contribution in [0.4, 0.5) is 0 Å². The second-order valence-corrected chi connectivity index (χ2v) is 9.18. The summed E-state index contributed by atoms with van der Waals surface area (Å²) in [6, 6.07) is 0. The van der Waals surface area contributed by atoms with E-state index in [-0.39, 0.29) is 5.92 Å². The summed E-state index contributed by atoms with van der Waals surface area (Å²) in [6.45, 7) is 6.43. The van der Waals surface area contributed by atoms with Crippen LogP contribution in [0.25, 0.3) is 0 Å². The van der Waals surface area contributed by atoms with E-state index in [1.165, 1.54) is 77.0 Å². The van der Waals surface area contributed by atoms with Crippen LogP contribution in [-0.4, -0.2) is 21.8 Å². The molecule has 3 heteroatoms. The quantitative estimate of drug-likeness (QED) is 0.176. The van der Waals surface area contributed by atoms with Gasteiger partial charge in [-0.25, -0.2) is 4.79 Å². The van der Waals surface area contributed by atoms with Crippen molar-refractivity contribution in [1.82, 2.24) is 0 Å². The molecule has 0 rings (SSSR count). The highest BCUT2D eigenvalue weighted by atomic mass is 16.4. The Morgan fingerprint density at radius 3 is 1.41 bits per heavy atom. The molecule has 0 amide bonds.